The lowest BCUT2D eigenvalue weighted by Gasteiger charge is -2.31. The summed E-state index contributed by atoms with van der Waals surface area (Å²) in [6, 6.07) is 4.37. The minimum atomic E-state index is -1.49. The number of fused-ring (bicyclic) bond motifs is 1. The van der Waals surface area contributed by atoms with E-state index in [4.69, 9.17) is 0 Å². The van der Waals surface area contributed by atoms with Gasteiger partial charge in [0.15, 0.2) is 5.72 Å². The Hall–Kier alpha value is -1.42. The van der Waals surface area contributed by atoms with E-state index in [1.807, 2.05) is 0 Å². The Labute approximate surface area is 113 Å². The lowest BCUT2D eigenvalue weighted by atomic mass is 9.95. The zero-order valence-corrected chi connectivity index (χ0v) is 11.4. The summed E-state index contributed by atoms with van der Waals surface area (Å²) in [4.78, 5) is 13.3. The van der Waals surface area contributed by atoms with Gasteiger partial charge in [-0.05, 0) is 25.0 Å². The van der Waals surface area contributed by atoms with Crippen LogP contribution in [0.25, 0.3) is 0 Å². The minimum Gasteiger partial charge on any atom is -0.366 e. The molecule has 2 rings (SSSR count). The largest absolute Gasteiger partial charge is 0.366 e. The van der Waals surface area contributed by atoms with Gasteiger partial charge >= 0.3 is 0 Å². The molecule has 4 heteroatoms. The molecule has 0 radical (unpaired) electrons. The summed E-state index contributed by atoms with van der Waals surface area (Å²) in [7, 11) is 1.53. The zero-order chi connectivity index (χ0) is 14.0. The predicted octanol–water partition coefficient (Wildman–Crippen LogP) is 3.03. The Morgan fingerprint density at radius 1 is 1.32 bits per heavy atom. The van der Waals surface area contributed by atoms with E-state index in [0.29, 0.717) is 6.42 Å². The maximum absolute atomic E-state index is 14.0. The first-order valence-corrected chi connectivity index (χ1v) is 6.82. The van der Waals surface area contributed by atoms with Crippen LogP contribution in [0.3, 0.4) is 0 Å². The quantitative estimate of drug-likeness (QED) is 0.831. The molecule has 0 aliphatic carbocycles. The number of amides is 1. The van der Waals surface area contributed by atoms with Crippen molar-refractivity contribution < 1.29 is 14.3 Å². The molecule has 0 fully saturated rings. The molecule has 3 nitrogen and oxygen atoms in total. The number of rotatable bonds is 5. The molecule has 1 atom stereocenters. The Balaban J connectivity index is 2.28. The van der Waals surface area contributed by atoms with E-state index in [2.05, 4.69) is 6.92 Å². The van der Waals surface area contributed by atoms with Crippen molar-refractivity contribution in [2.24, 2.45) is 0 Å². The third kappa shape index (κ3) is 2.25. The SMILES string of the molecule is CCCCCCC1(O)c2c(F)cccc2C(=O)N1C. The Morgan fingerprint density at radius 2 is 2.05 bits per heavy atom. The van der Waals surface area contributed by atoms with Crippen molar-refractivity contribution in [1.82, 2.24) is 4.90 Å². The summed E-state index contributed by atoms with van der Waals surface area (Å²) >= 11 is 0. The molecule has 1 unspecified atom stereocenters. The molecule has 0 saturated carbocycles. The van der Waals surface area contributed by atoms with Crippen LogP contribution in [-0.4, -0.2) is 23.0 Å². The molecule has 1 N–H and O–H groups in total. The zero-order valence-electron chi connectivity index (χ0n) is 11.4. The highest BCUT2D eigenvalue weighted by Crippen LogP contribution is 2.41. The lowest BCUT2D eigenvalue weighted by molar-refractivity contribution is -0.0820. The molecule has 1 aliphatic heterocycles. The van der Waals surface area contributed by atoms with E-state index in [0.717, 1.165) is 25.7 Å². The van der Waals surface area contributed by atoms with Crippen molar-refractivity contribution in [1.29, 1.82) is 0 Å². The minimum absolute atomic E-state index is 0.138. The average Bonchev–Trinajstić information content (AvgIpc) is 2.59. The Morgan fingerprint density at radius 3 is 2.74 bits per heavy atom. The van der Waals surface area contributed by atoms with Crippen molar-refractivity contribution in [3.8, 4) is 0 Å². The van der Waals surface area contributed by atoms with E-state index in [1.54, 1.807) is 6.07 Å². The van der Waals surface area contributed by atoms with Gasteiger partial charge in [0.1, 0.15) is 5.82 Å². The summed E-state index contributed by atoms with van der Waals surface area (Å²) in [5.41, 5.74) is -1.08. The highest BCUT2D eigenvalue weighted by molar-refractivity contribution is 5.99. The van der Waals surface area contributed by atoms with Crippen LogP contribution < -0.4 is 0 Å². The number of benzene rings is 1. The number of aliphatic hydroxyl groups is 1. The number of halogens is 1. The first-order valence-electron chi connectivity index (χ1n) is 6.82. The maximum atomic E-state index is 14.0. The van der Waals surface area contributed by atoms with Crippen LogP contribution in [0.2, 0.25) is 0 Å². The third-order valence-electron chi connectivity index (χ3n) is 3.88. The molecule has 1 amide bonds. The van der Waals surface area contributed by atoms with Crippen LogP contribution in [0, 0.1) is 5.82 Å². The molecular weight excluding hydrogens is 245 g/mol. The van der Waals surface area contributed by atoms with Gasteiger partial charge in [-0.25, -0.2) is 4.39 Å². The van der Waals surface area contributed by atoms with Crippen LogP contribution in [0.15, 0.2) is 18.2 Å². The van der Waals surface area contributed by atoms with Crippen LogP contribution in [0.1, 0.15) is 54.9 Å². The van der Waals surface area contributed by atoms with Gasteiger partial charge in [-0.15, -0.1) is 0 Å². The fourth-order valence-electron chi connectivity index (χ4n) is 2.72. The van der Waals surface area contributed by atoms with Crippen LogP contribution in [0.5, 0.6) is 0 Å². The van der Waals surface area contributed by atoms with Gasteiger partial charge in [0.05, 0.1) is 11.1 Å². The smallest absolute Gasteiger partial charge is 0.256 e. The second-order valence-corrected chi connectivity index (χ2v) is 5.15. The van der Waals surface area contributed by atoms with Crippen molar-refractivity contribution in [3.05, 3.63) is 35.1 Å². The molecule has 1 heterocycles. The molecule has 104 valence electrons. The van der Waals surface area contributed by atoms with Crippen LogP contribution in [-0.2, 0) is 5.72 Å². The molecule has 0 spiro atoms. The summed E-state index contributed by atoms with van der Waals surface area (Å²) in [5.74, 6) is -0.819. The second kappa shape index (κ2) is 5.29. The van der Waals surface area contributed by atoms with Gasteiger partial charge in [-0.2, -0.15) is 0 Å². The standard InChI is InChI=1S/C15H20FNO2/c1-3-4-5-6-10-15(19)13-11(14(18)17(15)2)8-7-9-12(13)16/h7-9,19H,3-6,10H2,1-2H3. The van der Waals surface area contributed by atoms with E-state index in [9.17, 15) is 14.3 Å². The van der Waals surface area contributed by atoms with Gasteiger partial charge in [0.25, 0.3) is 5.91 Å². The van der Waals surface area contributed by atoms with Crippen molar-refractivity contribution in [2.45, 2.75) is 44.8 Å². The van der Waals surface area contributed by atoms with Gasteiger partial charge in [0.2, 0.25) is 0 Å². The van der Waals surface area contributed by atoms with Gasteiger partial charge in [-0.1, -0.05) is 32.3 Å². The van der Waals surface area contributed by atoms with Crippen molar-refractivity contribution in [2.75, 3.05) is 7.05 Å². The summed E-state index contributed by atoms with van der Waals surface area (Å²) in [6.45, 7) is 2.11. The normalized spacial score (nSPS) is 21.9. The molecule has 1 aromatic carbocycles. The average molecular weight is 265 g/mol. The summed E-state index contributed by atoms with van der Waals surface area (Å²) in [5, 5.41) is 10.7. The van der Waals surface area contributed by atoms with Crippen LogP contribution >= 0.6 is 0 Å². The summed E-state index contributed by atoms with van der Waals surface area (Å²) in [6.07, 6.45) is 4.31. The van der Waals surface area contributed by atoms with E-state index >= 15 is 0 Å². The van der Waals surface area contributed by atoms with E-state index in [1.165, 1.54) is 24.1 Å². The highest BCUT2D eigenvalue weighted by atomic mass is 19.1. The van der Waals surface area contributed by atoms with Crippen LogP contribution in [0.4, 0.5) is 4.39 Å². The fourth-order valence-corrected chi connectivity index (χ4v) is 2.72. The van der Waals surface area contributed by atoms with Gasteiger partial charge < -0.3 is 10.0 Å². The molecule has 1 aliphatic rings. The molecule has 0 aromatic heterocycles. The number of carbonyl (C=O) groups is 1. The van der Waals surface area contributed by atoms with E-state index in [-0.39, 0.29) is 17.0 Å². The Kier molecular flexibility index (Phi) is 3.90. The first kappa shape index (κ1) is 14.0. The van der Waals surface area contributed by atoms with Crippen molar-refractivity contribution in [3.63, 3.8) is 0 Å². The number of hydrogen-bond acceptors (Lipinski definition) is 2. The first-order chi connectivity index (χ1) is 9.02. The van der Waals surface area contributed by atoms with Gasteiger partial charge in [-0.3, -0.25) is 4.79 Å². The number of hydrogen-bond donors (Lipinski definition) is 1. The topological polar surface area (TPSA) is 40.5 Å². The van der Waals surface area contributed by atoms with E-state index < -0.39 is 11.5 Å². The molecular formula is C15H20FNO2. The third-order valence-corrected chi connectivity index (χ3v) is 3.88. The maximum Gasteiger partial charge on any atom is 0.256 e. The predicted molar refractivity (Wildman–Crippen MR) is 71.1 cm³/mol. The lowest BCUT2D eigenvalue weighted by Crippen LogP contribution is -2.41. The number of unbranched alkanes of at least 4 members (excludes halogenated alkanes) is 3. The number of carbonyl (C=O) groups excluding carboxylic acids is 1. The Bertz CT molecular complexity index is 489. The van der Waals surface area contributed by atoms with Crippen molar-refractivity contribution >= 4 is 5.91 Å². The summed E-state index contributed by atoms with van der Waals surface area (Å²) < 4.78 is 14.0. The number of nitrogens with zero attached hydrogens (tertiary/aromatic N) is 1. The van der Waals surface area contributed by atoms with Gasteiger partial charge in [0, 0.05) is 7.05 Å². The monoisotopic (exact) mass is 265 g/mol. The molecule has 19 heavy (non-hydrogen) atoms. The molecule has 0 bridgehead atoms. The fraction of sp³-hybridized carbons (Fsp3) is 0.533. The molecule has 1 aromatic rings. The molecule has 0 saturated heterocycles. The highest BCUT2D eigenvalue weighted by Gasteiger charge is 2.47. The second-order valence-electron chi connectivity index (χ2n) is 5.15.